The summed E-state index contributed by atoms with van der Waals surface area (Å²) in [5.41, 5.74) is 5.09. The molecule has 1 atom stereocenters. The van der Waals surface area contributed by atoms with Crippen molar-refractivity contribution in [3.05, 3.63) is 71.0 Å². The highest BCUT2D eigenvalue weighted by Crippen LogP contribution is 2.30. The molecule has 27 heavy (non-hydrogen) atoms. The Hall–Kier alpha value is -3.08. The smallest absolute Gasteiger partial charge is 0.305 e. The van der Waals surface area contributed by atoms with Gasteiger partial charge in [-0.25, -0.2) is 0 Å². The van der Waals surface area contributed by atoms with Crippen molar-refractivity contribution in [2.45, 2.75) is 38.1 Å². The third kappa shape index (κ3) is 3.72. The molecule has 1 amide bonds. The van der Waals surface area contributed by atoms with Gasteiger partial charge in [0.2, 0.25) is 5.91 Å². The number of carbonyl (C=O) groups is 2. The van der Waals surface area contributed by atoms with Crippen molar-refractivity contribution in [3.63, 3.8) is 0 Å². The van der Waals surface area contributed by atoms with Gasteiger partial charge in [0.15, 0.2) is 0 Å². The molecule has 1 unspecified atom stereocenters. The van der Waals surface area contributed by atoms with Crippen molar-refractivity contribution in [3.8, 4) is 0 Å². The van der Waals surface area contributed by atoms with Gasteiger partial charge in [-0.05, 0) is 48.1 Å². The molecule has 0 fully saturated rings. The van der Waals surface area contributed by atoms with E-state index in [2.05, 4.69) is 17.4 Å². The first-order chi connectivity index (χ1) is 13.1. The van der Waals surface area contributed by atoms with Gasteiger partial charge in [-0.1, -0.05) is 30.3 Å². The fourth-order valence-corrected chi connectivity index (χ4v) is 3.82. The van der Waals surface area contributed by atoms with Crippen LogP contribution in [0.1, 0.15) is 41.1 Å². The van der Waals surface area contributed by atoms with Gasteiger partial charge in [-0.3, -0.25) is 9.59 Å². The predicted octanol–water partition coefficient (Wildman–Crippen LogP) is 3.80. The van der Waals surface area contributed by atoms with Crippen molar-refractivity contribution in [2.24, 2.45) is 0 Å². The molecule has 0 aliphatic heterocycles. The van der Waals surface area contributed by atoms with E-state index in [0.29, 0.717) is 0 Å². The summed E-state index contributed by atoms with van der Waals surface area (Å²) < 4.78 is 5.66. The van der Waals surface area contributed by atoms with Gasteiger partial charge in [0, 0.05) is 10.9 Å². The van der Waals surface area contributed by atoms with Crippen LogP contribution in [0.3, 0.4) is 0 Å². The minimum Gasteiger partial charge on any atom is -0.481 e. The predicted molar refractivity (Wildman–Crippen MR) is 102 cm³/mol. The van der Waals surface area contributed by atoms with Crippen molar-refractivity contribution in [2.75, 3.05) is 0 Å². The zero-order chi connectivity index (χ0) is 18.8. The Morgan fingerprint density at radius 1 is 1.11 bits per heavy atom. The van der Waals surface area contributed by atoms with Crippen LogP contribution in [0.2, 0.25) is 0 Å². The zero-order valence-electron chi connectivity index (χ0n) is 14.9. The normalized spacial score (nSPS) is 14.1. The summed E-state index contributed by atoms with van der Waals surface area (Å²) in [7, 11) is 0. The Balaban J connectivity index is 1.53. The molecule has 2 N–H and O–H groups in total. The number of rotatable bonds is 6. The van der Waals surface area contributed by atoms with Crippen LogP contribution in [-0.4, -0.2) is 17.0 Å². The molecule has 2 aromatic carbocycles. The molecule has 0 spiro atoms. The average Bonchev–Trinajstić information content (AvgIpc) is 3.26. The van der Waals surface area contributed by atoms with E-state index in [1.807, 2.05) is 30.3 Å². The molecule has 0 bridgehead atoms. The number of carboxylic acid groups (broad SMARTS) is 1. The van der Waals surface area contributed by atoms with Gasteiger partial charge in [-0.2, -0.15) is 0 Å². The lowest BCUT2D eigenvalue weighted by Gasteiger charge is -2.17. The number of aliphatic carboxylic acids is 1. The Kier molecular flexibility index (Phi) is 4.67. The first-order valence-corrected chi connectivity index (χ1v) is 9.18. The van der Waals surface area contributed by atoms with Crippen molar-refractivity contribution < 1.29 is 19.1 Å². The monoisotopic (exact) mass is 363 g/mol. The average molecular weight is 363 g/mol. The summed E-state index contributed by atoms with van der Waals surface area (Å²) in [4.78, 5) is 23.8. The summed E-state index contributed by atoms with van der Waals surface area (Å²) in [6.07, 6.45) is 4.94. The van der Waals surface area contributed by atoms with E-state index in [0.717, 1.165) is 41.4 Å². The number of amides is 1. The van der Waals surface area contributed by atoms with Crippen molar-refractivity contribution in [1.82, 2.24) is 5.32 Å². The molecular weight excluding hydrogens is 342 g/mol. The lowest BCUT2D eigenvalue weighted by molar-refractivity contribution is -0.137. The van der Waals surface area contributed by atoms with Gasteiger partial charge in [0.05, 0.1) is 25.1 Å². The van der Waals surface area contributed by atoms with E-state index in [1.165, 1.54) is 11.1 Å². The topological polar surface area (TPSA) is 79.5 Å². The Bertz CT molecular complexity index is 990. The van der Waals surface area contributed by atoms with Crippen molar-refractivity contribution >= 4 is 22.8 Å². The number of benzene rings is 2. The van der Waals surface area contributed by atoms with Crippen LogP contribution >= 0.6 is 0 Å². The molecule has 1 aliphatic carbocycles. The molecule has 5 nitrogen and oxygen atoms in total. The standard InChI is InChI=1S/C22H21NO4/c24-21(23-19(12-22(25)26)14-5-2-1-3-6-14)11-17-13-27-20-10-16-8-4-7-15(16)9-18(17)20/h1-3,5-6,9-10,13,19H,4,7-8,11-12H2,(H,23,24)(H,25,26). The molecule has 5 heteroatoms. The number of hydrogen-bond acceptors (Lipinski definition) is 3. The van der Waals surface area contributed by atoms with Crippen LogP contribution in [-0.2, 0) is 28.9 Å². The minimum atomic E-state index is -0.950. The summed E-state index contributed by atoms with van der Waals surface area (Å²) in [5.74, 6) is -1.17. The largest absolute Gasteiger partial charge is 0.481 e. The number of nitrogens with one attached hydrogen (secondary N) is 1. The number of fused-ring (bicyclic) bond motifs is 2. The number of furan rings is 1. The third-order valence-electron chi connectivity index (χ3n) is 5.14. The molecule has 1 heterocycles. The highest BCUT2D eigenvalue weighted by Gasteiger charge is 2.20. The van der Waals surface area contributed by atoms with Crippen LogP contribution in [0.15, 0.2) is 53.1 Å². The van der Waals surface area contributed by atoms with Gasteiger partial charge in [0.25, 0.3) is 0 Å². The van der Waals surface area contributed by atoms with Gasteiger partial charge >= 0.3 is 5.97 Å². The maximum Gasteiger partial charge on any atom is 0.305 e. The molecule has 1 aromatic heterocycles. The molecule has 0 saturated heterocycles. The van der Waals surface area contributed by atoms with Crippen LogP contribution in [0.25, 0.3) is 11.0 Å². The Morgan fingerprint density at radius 2 is 1.85 bits per heavy atom. The van der Waals surface area contributed by atoms with Gasteiger partial charge in [0.1, 0.15) is 5.58 Å². The van der Waals surface area contributed by atoms with Crippen LogP contribution < -0.4 is 5.32 Å². The maximum atomic E-state index is 12.6. The molecule has 138 valence electrons. The van der Waals surface area contributed by atoms with E-state index >= 15 is 0 Å². The van der Waals surface area contributed by atoms with E-state index in [1.54, 1.807) is 6.26 Å². The lowest BCUT2D eigenvalue weighted by Crippen LogP contribution is -2.31. The highest BCUT2D eigenvalue weighted by atomic mass is 16.4. The number of hydrogen-bond donors (Lipinski definition) is 2. The second-order valence-corrected chi connectivity index (χ2v) is 7.04. The maximum absolute atomic E-state index is 12.6. The summed E-state index contributed by atoms with van der Waals surface area (Å²) in [6, 6.07) is 12.8. The lowest BCUT2D eigenvalue weighted by atomic mass is 10.0. The molecule has 4 rings (SSSR count). The summed E-state index contributed by atoms with van der Waals surface area (Å²) >= 11 is 0. The second kappa shape index (κ2) is 7.27. The summed E-state index contributed by atoms with van der Waals surface area (Å²) in [6.45, 7) is 0. The van der Waals surface area contributed by atoms with E-state index < -0.39 is 12.0 Å². The van der Waals surface area contributed by atoms with E-state index in [-0.39, 0.29) is 18.7 Å². The molecule has 0 radical (unpaired) electrons. The molecule has 1 aliphatic rings. The fraction of sp³-hybridized carbons (Fsp3) is 0.273. The third-order valence-corrected chi connectivity index (χ3v) is 5.14. The first-order valence-electron chi connectivity index (χ1n) is 9.18. The highest BCUT2D eigenvalue weighted by molar-refractivity contribution is 5.89. The zero-order valence-corrected chi connectivity index (χ0v) is 14.9. The van der Waals surface area contributed by atoms with Crippen LogP contribution in [0.4, 0.5) is 0 Å². The SMILES string of the molecule is O=C(O)CC(NC(=O)Cc1coc2cc3c(cc12)CCC3)c1ccccc1. The van der Waals surface area contributed by atoms with Crippen LogP contribution in [0, 0.1) is 0 Å². The van der Waals surface area contributed by atoms with Gasteiger partial charge < -0.3 is 14.8 Å². The first kappa shape index (κ1) is 17.3. The summed E-state index contributed by atoms with van der Waals surface area (Å²) in [5, 5.41) is 13.0. The number of aryl methyl sites for hydroxylation is 2. The minimum absolute atomic E-state index is 0.157. The van der Waals surface area contributed by atoms with Crippen LogP contribution in [0.5, 0.6) is 0 Å². The quantitative estimate of drug-likeness (QED) is 0.698. The molecule has 3 aromatic rings. The number of carboxylic acids is 1. The molecule has 0 saturated carbocycles. The van der Waals surface area contributed by atoms with Crippen molar-refractivity contribution in [1.29, 1.82) is 0 Å². The second-order valence-electron chi connectivity index (χ2n) is 7.04. The Morgan fingerprint density at radius 3 is 2.59 bits per heavy atom. The molecular formula is C22H21NO4. The Labute approximate surface area is 157 Å². The fourth-order valence-electron chi connectivity index (χ4n) is 3.82. The van der Waals surface area contributed by atoms with E-state index in [4.69, 9.17) is 4.42 Å². The van der Waals surface area contributed by atoms with E-state index in [9.17, 15) is 14.7 Å². The number of carbonyl (C=O) groups excluding carboxylic acids is 1. The van der Waals surface area contributed by atoms with Gasteiger partial charge in [-0.15, -0.1) is 0 Å².